The second-order valence-electron chi connectivity index (χ2n) is 1.05. The molecule has 10 heavy (non-hydrogen) atoms. The van der Waals surface area contributed by atoms with Crippen LogP contribution in [0.1, 0.15) is 0 Å². The molecule has 0 aliphatic rings. The van der Waals surface area contributed by atoms with Crippen molar-refractivity contribution in [3.63, 3.8) is 0 Å². The summed E-state index contributed by atoms with van der Waals surface area (Å²) < 4.78 is 13.2. The minimum atomic E-state index is -4.63. The zero-order valence-electron chi connectivity index (χ0n) is 4.64. The van der Waals surface area contributed by atoms with Gasteiger partial charge >= 0.3 is 13.9 Å². The van der Waals surface area contributed by atoms with Gasteiger partial charge in [0.1, 0.15) is 0 Å². The van der Waals surface area contributed by atoms with Gasteiger partial charge in [-0.2, -0.15) is 4.62 Å². The predicted octanol–water partition coefficient (Wildman–Crippen LogP) is -1.32. The summed E-state index contributed by atoms with van der Waals surface area (Å²) in [5.41, 5.74) is 5.64. The number of urea groups is 1. The molecule has 0 aliphatic carbocycles. The van der Waals surface area contributed by atoms with E-state index >= 15 is 0 Å². The molecule has 0 aliphatic heterocycles. The van der Waals surface area contributed by atoms with Crippen molar-refractivity contribution in [2.45, 2.75) is 0 Å². The maximum atomic E-state index is 9.74. The Balaban J connectivity index is 0. The molecule has 9 heteroatoms. The summed E-state index contributed by atoms with van der Waals surface area (Å²) in [5, 5.41) is 0. The quantitative estimate of drug-likeness (QED) is 0.356. The first-order valence-corrected chi connectivity index (χ1v) is 3.24. The van der Waals surface area contributed by atoms with E-state index in [4.69, 9.17) is 9.79 Å². The number of carbonyl (C=O) groups excluding carboxylic acids is 1. The Morgan fingerprint density at radius 3 is 2.10 bits per heavy atom. The van der Waals surface area contributed by atoms with Crippen molar-refractivity contribution in [1.82, 2.24) is 5.48 Å². The normalized spacial score (nSPS) is 9.80. The largest absolute Gasteiger partial charge is 0.491 e. The van der Waals surface area contributed by atoms with E-state index in [2.05, 4.69) is 10.4 Å². The maximum Gasteiger partial charge on any atom is 0.491 e. The van der Waals surface area contributed by atoms with E-state index in [0.717, 1.165) is 0 Å². The summed E-state index contributed by atoms with van der Waals surface area (Å²) in [6.07, 6.45) is 0. The average Bonchev–Trinajstić information content (AvgIpc) is 1.59. The molecule has 0 rings (SSSR count). The van der Waals surface area contributed by atoms with Crippen LogP contribution in [0.3, 0.4) is 0 Å². The molecule has 0 aromatic carbocycles. The molecule has 5 N–H and O–H groups in total. The van der Waals surface area contributed by atoms with Gasteiger partial charge in [-0.15, -0.1) is 0 Å². The zero-order valence-corrected chi connectivity index (χ0v) is 8.00. The van der Waals surface area contributed by atoms with Crippen LogP contribution >= 0.6 is 7.82 Å². The van der Waals surface area contributed by atoms with Gasteiger partial charge < -0.3 is 15.5 Å². The molecule has 0 bridgehead atoms. The molecule has 0 unspecified atom stereocenters. The van der Waals surface area contributed by atoms with Gasteiger partial charge in [0, 0.05) is 26.2 Å². The molecular weight excluding hydrogens is 242 g/mol. The van der Waals surface area contributed by atoms with E-state index < -0.39 is 13.9 Å². The molecule has 58 valence electrons. The Morgan fingerprint density at radius 2 is 2.00 bits per heavy atom. The molecule has 0 aromatic rings. The third kappa shape index (κ3) is 11.1. The van der Waals surface area contributed by atoms with Crippen LogP contribution in [-0.2, 0) is 35.4 Å². The second kappa shape index (κ2) is 4.99. The molecule has 0 aromatic heterocycles. The topological polar surface area (TPSA) is 122 Å². The zero-order chi connectivity index (χ0) is 7.49. The Morgan fingerprint density at radius 1 is 1.60 bits per heavy atom. The van der Waals surface area contributed by atoms with Crippen LogP contribution in [0.4, 0.5) is 4.79 Å². The summed E-state index contributed by atoms with van der Waals surface area (Å²) in [4.78, 5) is 25.5. The number of hydrogen-bond donors (Lipinski definition) is 4. The van der Waals surface area contributed by atoms with E-state index in [9.17, 15) is 9.36 Å². The van der Waals surface area contributed by atoms with Gasteiger partial charge in [0.05, 0.1) is 0 Å². The molecule has 2 amide bonds. The summed E-state index contributed by atoms with van der Waals surface area (Å²) in [5.74, 6) is 0. The van der Waals surface area contributed by atoms with Crippen molar-refractivity contribution in [2.75, 3.05) is 0 Å². The number of phosphoric acid groups is 1. The molecule has 0 fully saturated rings. The van der Waals surface area contributed by atoms with Crippen LogP contribution in [-0.4, -0.2) is 15.8 Å². The number of carbonyl (C=O) groups is 1. The summed E-state index contributed by atoms with van der Waals surface area (Å²) >= 11 is 0. The number of nitrogens with two attached hydrogens (primary N) is 1. The fourth-order valence-electron chi connectivity index (χ4n) is 0.104. The number of hydrogen-bond acceptors (Lipinski definition) is 3. The Labute approximate surface area is 75.2 Å². The summed E-state index contributed by atoms with van der Waals surface area (Å²) in [6.45, 7) is 0. The maximum absolute atomic E-state index is 9.74. The van der Waals surface area contributed by atoms with Gasteiger partial charge in [-0.05, 0) is 0 Å². The van der Waals surface area contributed by atoms with Crippen LogP contribution in [0.25, 0.3) is 0 Å². The van der Waals surface area contributed by atoms with Crippen molar-refractivity contribution in [2.24, 2.45) is 5.73 Å². The smallest absolute Gasteiger partial charge is 0.350 e. The molecule has 0 atom stereocenters. The monoisotopic (exact) mass is 246 g/mol. The molecular formula is CH5N2O5PZr. The standard InChI is InChI=1S/CH5N2O5P.Zr/c2-1(4)3-8-9(5,6)7;/h(H3,2,3,4)(H2,5,6,7);. The number of amides is 2. The second-order valence-corrected chi connectivity index (χ2v) is 2.21. The third-order valence-electron chi connectivity index (χ3n) is 0.265. The average molecular weight is 247 g/mol. The van der Waals surface area contributed by atoms with Crippen molar-refractivity contribution in [1.29, 1.82) is 0 Å². The number of nitrogens with one attached hydrogen (secondary N) is 1. The SMILES string of the molecule is NC(=O)NOP(=O)(O)O.[Zr]. The first-order valence-electron chi connectivity index (χ1n) is 1.71. The van der Waals surface area contributed by atoms with Crippen molar-refractivity contribution >= 4 is 13.9 Å². The van der Waals surface area contributed by atoms with E-state index in [1.807, 2.05) is 0 Å². The Kier molecular flexibility index (Phi) is 6.43. The first kappa shape index (κ1) is 12.9. The third-order valence-corrected chi connectivity index (χ3v) is 0.594. The Bertz CT molecular complexity index is 154. The molecule has 0 radical (unpaired) electrons. The summed E-state index contributed by atoms with van der Waals surface area (Å²) in [7, 11) is -4.63. The van der Waals surface area contributed by atoms with Gasteiger partial charge in [-0.3, -0.25) is 0 Å². The van der Waals surface area contributed by atoms with Gasteiger partial charge in [0.15, 0.2) is 0 Å². The van der Waals surface area contributed by atoms with Gasteiger partial charge in [-0.1, -0.05) is 0 Å². The predicted molar refractivity (Wildman–Crippen MR) is 25.8 cm³/mol. The minimum absolute atomic E-state index is 0. The Hall–Kier alpha value is 0.263. The van der Waals surface area contributed by atoms with Crippen LogP contribution in [0.2, 0.25) is 0 Å². The van der Waals surface area contributed by atoms with Crippen LogP contribution in [0.5, 0.6) is 0 Å². The van der Waals surface area contributed by atoms with E-state index in [1.165, 1.54) is 5.48 Å². The fraction of sp³-hybridized carbons (Fsp3) is 0. The number of primary amides is 1. The molecule has 0 saturated carbocycles. The molecule has 0 saturated heterocycles. The van der Waals surface area contributed by atoms with Crippen molar-refractivity contribution in [3.05, 3.63) is 0 Å². The van der Waals surface area contributed by atoms with Gasteiger partial charge in [0.2, 0.25) is 0 Å². The van der Waals surface area contributed by atoms with E-state index in [0.29, 0.717) is 0 Å². The number of rotatable bonds is 2. The fourth-order valence-corrected chi connectivity index (χ4v) is 0.313. The van der Waals surface area contributed by atoms with Crippen molar-refractivity contribution in [3.8, 4) is 0 Å². The van der Waals surface area contributed by atoms with Crippen LogP contribution in [0, 0.1) is 0 Å². The van der Waals surface area contributed by atoms with E-state index in [1.54, 1.807) is 0 Å². The van der Waals surface area contributed by atoms with Gasteiger partial charge in [-0.25, -0.2) is 14.8 Å². The first-order chi connectivity index (χ1) is 3.92. The van der Waals surface area contributed by atoms with Gasteiger partial charge in [0.25, 0.3) is 0 Å². The molecule has 0 spiro atoms. The number of hydroxylamine groups is 1. The summed E-state index contributed by atoms with van der Waals surface area (Å²) in [6, 6.07) is -1.17. The minimum Gasteiger partial charge on any atom is -0.350 e. The van der Waals surface area contributed by atoms with Crippen LogP contribution < -0.4 is 11.2 Å². The van der Waals surface area contributed by atoms with E-state index in [-0.39, 0.29) is 26.2 Å². The molecule has 7 nitrogen and oxygen atoms in total. The molecule has 0 heterocycles. The van der Waals surface area contributed by atoms with Crippen molar-refractivity contribution < 1.29 is 50.0 Å². The van der Waals surface area contributed by atoms with Crippen LogP contribution in [0.15, 0.2) is 0 Å².